The number of ether oxygens (including phenoxy) is 3. The van der Waals surface area contributed by atoms with E-state index in [1.807, 2.05) is 29.3 Å². The Hall–Kier alpha value is -3.94. The molecule has 4 heterocycles. The lowest BCUT2D eigenvalue weighted by Gasteiger charge is -2.51. The summed E-state index contributed by atoms with van der Waals surface area (Å²) in [6, 6.07) is 10.6. The van der Waals surface area contributed by atoms with Crippen LogP contribution < -0.4 is 15.2 Å². The number of aliphatic hydroxyl groups excluding tert-OH is 1. The standard InChI is InChI=1S/C31H31F2N3O7S/c1-31(2,14-24(38)41-3)30(40)43-28-21(37)10-11-35-27(28)29(39)34-12-13-42-15-23(34)36(35)26-17-8-9-20(32)25(33)19(17)16-44-22-7-5-4-6-18(22)26/h4-11,23,26,30,40H,12-16H2,1-3H3/t23-,26+,30?/m1/s1. The summed E-state index contributed by atoms with van der Waals surface area (Å²) in [6.07, 6.45) is -1.15. The molecule has 1 saturated heterocycles. The van der Waals surface area contributed by atoms with Crippen LogP contribution in [0.4, 0.5) is 8.78 Å². The van der Waals surface area contributed by atoms with Crippen LogP contribution in [-0.2, 0) is 20.0 Å². The summed E-state index contributed by atoms with van der Waals surface area (Å²) >= 11 is 1.38. The normalized spacial score (nSPS) is 20.1. The van der Waals surface area contributed by atoms with Gasteiger partial charge >= 0.3 is 5.97 Å². The number of morpholine rings is 1. The third kappa shape index (κ3) is 5.02. The molecule has 0 radical (unpaired) electrons. The SMILES string of the molecule is COC(=O)CC(C)(C)C(O)Oc1c2n(ccc1=O)N([C@@H]1c3ccccc3SCc3c1ccc(F)c3F)[C@@H]1COCCN1C2=O. The van der Waals surface area contributed by atoms with Gasteiger partial charge in [0.2, 0.25) is 17.5 Å². The first kappa shape index (κ1) is 30.1. The van der Waals surface area contributed by atoms with Crippen LogP contribution in [0.5, 0.6) is 5.75 Å². The van der Waals surface area contributed by atoms with Crippen LogP contribution in [0.2, 0.25) is 0 Å². The molecule has 0 aliphatic carbocycles. The van der Waals surface area contributed by atoms with E-state index >= 15 is 4.39 Å². The summed E-state index contributed by atoms with van der Waals surface area (Å²) in [7, 11) is 1.22. The van der Waals surface area contributed by atoms with E-state index in [9.17, 15) is 23.9 Å². The van der Waals surface area contributed by atoms with Crippen LogP contribution in [0.25, 0.3) is 0 Å². The van der Waals surface area contributed by atoms with Crippen molar-refractivity contribution < 1.29 is 37.7 Å². The number of fused-ring (bicyclic) bond motifs is 4. The van der Waals surface area contributed by atoms with E-state index in [4.69, 9.17) is 14.2 Å². The number of aromatic nitrogens is 1. The van der Waals surface area contributed by atoms with Crippen molar-refractivity contribution in [2.45, 2.75) is 49.4 Å². The fourth-order valence-electron chi connectivity index (χ4n) is 5.89. The van der Waals surface area contributed by atoms with Gasteiger partial charge < -0.3 is 24.2 Å². The van der Waals surface area contributed by atoms with E-state index in [0.717, 1.165) is 16.5 Å². The second-order valence-electron chi connectivity index (χ2n) is 11.5. The monoisotopic (exact) mass is 627 g/mol. The number of hydrogen-bond donors (Lipinski definition) is 1. The first-order chi connectivity index (χ1) is 21.0. The number of aliphatic hydroxyl groups is 1. The number of halogens is 2. The highest BCUT2D eigenvalue weighted by atomic mass is 32.2. The zero-order valence-corrected chi connectivity index (χ0v) is 25.1. The van der Waals surface area contributed by atoms with Gasteiger partial charge in [-0.3, -0.25) is 24.1 Å². The van der Waals surface area contributed by atoms with E-state index in [-0.39, 0.29) is 43.2 Å². The first-order valence-corrected chi connectivity index (χ1v) is 15.0. The van der Waals surface area contributed by atoms with Crippen molar-refractivity contribution in [1.29, 1.82) is 0 Å². The minimum Gasteiger partial charge on any atom is -0.469 e. The van der Waals surface area contributed by atoms with Crippen molar-refractivity contribution in [2.24, 2.45) is 5.41 Å². The molecule has 6 rings (SSSR count). The highest BCUT2D eigenvalue weighted by Crippen LogP contribution is 2.45. The number of rotatable bonds is 6. The number of pyridine rings is 1. The van der Waals surface area contributed by atoms with Gasteiger partial charge in [0.05, 0.1) is 32.8 Å². The zero-order valence-electron chi connectivity index (χ0n) is 24.3. The Balaban J connectivity index is 1.56. The van der Waals surface area contributed by atoms with Gasteiger partial charge in [0, 0.05) is 40.4 Å². The van der Waals surface area contributed by atoms with Crippen LogP contribution in [-0.4, -0.2) is 65.9 Å². The van der Waals surface area contributed by atoms with E-state index in [1.54, 1.807) is 24.8 Å². The van der Waals surface area contributed by atoms with Gasteiger partial charge in [-0.2, -0.15) is 0 Å². The number of nitrogens with zero attached hydrogens (tertiary/aromatic N) is 3. The van der Waals surface area contributed by atoms with Crippen molar-refractivity contribution in [2.75, 3.05) is 31.9 Å². The van der Waals surface area contributed by atoms with Gasteiger partial charge in [-0.05, 0) is 23.3 Å². The Kier molecular flexibility index (Phi) is 7.89. The Labute approximate surface area is 256 Å². The number of benzene rings is 2. The number of carbonyl (C=O) groups is 2. The minimum absolute atomic E-state index is 0.104. The number of amides is 1. The molecule has 0 spiro atoms. The van der Waals surface area contributed by atoms with Gasteiger partial charge in [0.1, 0.15) is 6.17 Å². The molecule has 3 aliphatic rings. The molecular formula is C31H31F2N3O7S. The van der Waals surface area contributed by atoms with Gasteiger partial charge in [0.25, 0.3) is 5.91 Å². The van der Waals surface area contributed by atoms with Crippen molar-refractivity contribution in [3.8, 4) is 5.75 Å². The quantitative estimate of drug-likeness (QED) is 0.324. The molecule has 3 atom stereocenters. The third-order valence-corrected chi connectivity index (χ3v) is 9.37. The molecule has 1 fully saturated rings. The average Bonchev–Trinajstić information content (AvgIpc) is 3.17. The van der Waals surface area contributed by atoms with E-state index in [2.05, 4.69) is 0 Å². The third-order valence-electron chi connectivity index (χ3n) is 8.26. The van der Waals surface area contributed by atoms with Gasteiger partial charge in [-0.15, -0.1) is 11.8 Å². The molecule has 232 valence electrons. The van der Waals surface area contributed by atoms with Crippen LogP contribution in [0.15, 0.2) is 58.4 Å². The Morgan fingerprint density at radius 3 is 2.70 bits per heavy atom. The van der Waals surface area contributed by atoms with Gasteiger partial charge in [-0.1, -0.05) is 38.1 Å². The predicted molar refractivity (Wildman–Crippen MR) is 156 cm³/mol. The van der Waals surface area contributed by atoms with Crippen molar-refractivity contribution in [1.82, 2.24) is 9.58 Å². The maximum absolute atomic E-state index is 15.4. The maximum Gasteiger partial charge on any atom is 0.306 e. The smallest absolute Gasteiger partial charge is 0.306 e. The largest absolute Gasteiger partial charge is 0.469 e. The lowest BCUT2D eigenvalue weighted by atomic mass is 9.88. The fraction of sp³-hybridized carbons (Fsp3) is 0.387. The lowest BCUT2D eigenvalue weighted by Crippen LogP contribution is -2.66. The molecule has 1 amide bonds. The van der Waals surface area contributed by atoms with Crippen molar-refractivity contribution >= 4 is 23.6 Å². The Bertz CT molecular complexity index is 1700. The molecule has 0 bridgehead atoms. The summed E-state index contributed by atoms with van der Waals surface area (Å²) in [5.74, 6) is -3.25. The number of methoxy groups -OCH3 is 1. The molecule has 13 heteroatoms. The topological polar surface area (TPSA) is 111 Å². The van der Waals surface area contributed by atoms with Crippen LogP contribution in [0.3, 0.4) is 0 Å². The van der Waals surface area contributed by atoms with Gasteiger partial charge in [0.15, 0.2) is 17.3 Å². The molecule has 0 saturated carbocycles. The second-order valence-corrected chi connectivity index (χ2v) is 12.5. The van der Waals surface area contributed by atoms with E-state index < -0.39 is 58.6 Å². The summed E-state index contributed by atoms with van der Waals surface area (Å²) in [5.41, 5.74) is -0.530. The van der Waals surface area contributed by atoms with E-state index in [0.29, 0.717) is 5.56 Å². The molecule has 3 aromatic rings. The predicted octanol–water partition coefficient (Wildman–Crippen LogP) is 3.56. The Morgan fingerprint density at radius 1 is 1.16 bits per heavy atom. The molecule has 1 unspecified atom stereocenters. The fourth-order valence-corrected chi connectivity index (χ4v) is 7.00. The second kappa shape index (κ2) is 11.5. The van der Waals surface area contributed by atoms with Crippen molar-refractivity contribution in [3.05, 3.63) is 92.9 Å². The molecular weight excluding hydrogens is 596 g/mol. The van der Waals surface area contributed by atoms with Crippen LogP contribution >= 0.6 is 11.8 Å². The molecule has 44 heavy (non-hydrogen) atoms. The summed E-state index contributed by atoms with van der Waals surface area (Å²) in [4.78, 5) is 41.8. The van der Waals surface area contributed by atoms with Crippen LogP contribution in [0.1, 0.15) is 53.5 Å². The zero-order chi connectivity index (χ0) is 31.3. The molecule has 2 aromatic carbocycles. The minimum atomic E-state index is -1.67. The molecule has 3 aliphatic heterocycles. The highest BCUT2D eigenvalue weighted by Gasteiger charge is 2.47. The number of carbonyl (C=O) groups excluding carboxylic acids is 2. The number of thioether (sulfide) groups is 1. The van der Waals surface area contributed by atoms with E-state index in [1.165, 1.54) is 35.8 Å². The van der Waals surface area contributed by atoms with Gasteiger partial charge in [-0.25, -0.2) is 8.78 Å². The van der Waals surface area contributed by atoms with Crippen LogP contribution in [0, 0.1) is 17.0 Å². The molecule has 1 N–H and O–H groups in total. The van der Waals surface area contributed by atoms with Crippen molar-refractivity contribution in [3.63, 3.8) is 0 Å². The Morgan fingerprint density at radius 2 is 1.93 bits per heavy atom. The maximum atomic E-state index is 15.4. The summed E-state index contributed by atoms with van der Waals surface area (Å²) in [5, 5.41) is 12.9. The first-order valence-electron chi connectivity index (χ1n) is 14.1. The summed E-state index contributed by atoms with van der Waals surface area (Å²) in [6.45, 7) is 3.67. The molecule has 10 nitrogen and oxygen atoms in total. The average molecular weight is 628 g/mol. The number of esters is 1. The number of hydrogen-bond acceptors (Lipinski definition) is 9. The summed E-state index contributed by atoms with van der Waals surface area (Å²) < 4.78 is 47.8. The highest BCUT2D eigenvalue weighted by molar-refractivity contribution is 7.98. The molecule has 1 aromatic heterocycles. The lowest BCUT2D eigenvalue weighted by molar-refractivity contribution is -0.153.